The highest BCUT2D eigenvalue weighted by atomic mass is 35.5. The van der Waals surface area contributed by atoms with E-state index in [9.17, 15) is 4.79 Å². The summed E-state index contributed by atoms with van der Waals surface area (Å²) in [6, 6.07) is 5.62. The summed E-state index contributed by atoms with van der Waals surface area (Å²) in [7, 11) is 2.94. The fourth-order valence-corrected chi connectivity index (χ4v) is 6.10. The molecule has 1 aliphatic heterocycles. The number of piperazine rings is 1. The lowest BCUT2D eigenvalue weighted by Crippen LogP contribution is -2.45. The van der Waals surface area contributed by atoms with Gasteiger partial charge >= 0.3 is 0 Å². The summed E-state index contributed by atoms with van der Waals surface area (Å²) in [5.41, 5.74) is 2.20. The molecule has 0 atom stereocenters. The summed E-state index contributed by atoms with van der Waals surface area (Å²) in [6.07, 6.45) is 3.21. The maximum atomic E-state index is 13.3. The van der Waals surface area contributed by atoms with Crippen LogP contribution >= 0.6 is 34.5 Å². The van der Waals surface area contributed by atoms with Gasteiger partial charge in [-0.25, -0.2) is 15.0 Å². The molecule has 2 N–H and O–H groups in total. The van der Waals surface area contributed by atoms with E-state index in [1.54, 1.807) is 17.6 Å². The molecule has 210 valence electrons. The van der Waals surface area contributed by atoms with Crippen LogP contribution in [0.25, 0.3) is 10.2 Å². The smallest absolute Gasteiger partial charge is 0.258 e. The second-order valence-electron chi connectivity index (χ2n) is 9.17. The van der Waals surface area contributed by atoms with Crippen molar-refractivity contribution < 1.29 is 14.3 Å². The van der Waals surface area contributed by atoms with Crippen LogP contribution in [0.5, 0.6) is 11.5 Å². The van der Waals surface area contributed by atoms with Crippen molar-refractivity contribution in [3.63, 3.8) is 0 Å². The standard InChI is InChI=1S/C27H29Cl2N7O3S/c1-4-35-7-9-36(10-8-35)13-16-5-6-30-20(11-16)33-26-25-23(31-15-32-26)17(14-40-25)27(37)34-24-21(28)18(38-2)12-19(39-3)22(24)29/h5-6,11-12,14-15H,4,7-10,13H2,1-3H3,(H,34,37)(H,30,31,32,33). The van der Waals surface area contributed by atoms with Gasteiger partial charge in [0, 0.05) is 50.4 Å². The van der Waals surface area contributed by atoms with E-state index in [4.69, 9.17) is 32.7 Å². The quantitative estimate of drug-likeness (QED) is 0.255. The summed E-state index contributed by atoms with van der Waals surface area (Å²) >= 11 is 14.2. The molecule has 0 saturated carbocycles. The number of pyridine rings is 1. The van der Waals surface area contributed by atoms with E-state index in [1.807, 2.05) is 12.1 Å². The summed E-state index contributed by atoms with van der Waals surface area (Å²) in [5.74, 6) is 1.44. The SMILES string of the molecule is CCN1CCN(Cc2ccnc(Nc3ncnc4c(C(=O)Nc5c(Cl)c(OC)cc(OC)c5Cl)csc34)c2)CC1. The first-order chi connectivity index (χ1) is 19.4. The van der Waals surface area contributed by atoms with E-state index in [2.05, 4.69) is 42.3 Å². The maximum absolute atomic E-state index is 13.3. The van der Waals surface area contributed by atoms with Crippen molar-refractivity contribution in [2.75, 3.05) is 57.6 Å². The van der Waals surface area contributed by atoms with Gasteiger partial charge in [0.1, 0.15) is 33.7 Å². The van der Waals surface area contributed by atoms with Crippen molar-refractivity contribution in [1.82, 2.24) is 24.8 Å². The first kappa shape index (κ1) is 28.3. The van der Waals surface area contributed by atoms with Gasteiger partial charge in [-0.15, -0.1) is 11.3 Å². The first-order valence-electron chi connectivity index (χ1n) is 12.7. The fourth-order valence-electron chi connectivity index (χ4n) is 4.56. The van der Waals surface area contributed by atoms with Crippen molar-refractivity contribution >= 4 is 68.0 Å². The van der Waals surface area contributed by atoms with Crippen LogP contribution < -0.4 is 20.1 Å². The summed E-state index contributed by atoms with van der Waals surface area (Å²) in [4.78, 5) is 31.5. The molecule has 5 rings (SSSR count). The van der Waals surface area contributed by atoms with Gasteiger partial charge < -0.3 is 25.0 Å². The maximum Gasteiger partial charge on any atom is 0.258 e. The number of amides is 1. The van der Waals surface area contributed by atoms with Gasteiger partial charge in [-0.2, -0.15) is 0 Å². The number of benzene rings is 1. The molecule has 0 aliphatic carbocycles. The largest absolute Gasteiger partial charge is 0.495 e. The van der Waals surface area contributed by atoms with Crippen molar-refractivity contribution in [3.8, 4) is 11.5 Å². The van der Waals surface area contributed by atoms with Crippen LogP contribution in [0.2, 0.25) is 10.0 Å². The molecule has 0 radical (unpaired) electrons. The van der Waals surface area contributed by atoms with E-state index >= 15 is 0 Å². The first-order valence-corrected chi connectivity index (χ1v) is 14.4. The third-order valence-corrected chi connectivity index (χ3v) is 8.53. The zero-order chi connectivity index (χ0) is 28.2. The molecule has 0 bridgehead atoms. The molecule has 1 fully saturated rings. The number of hydrogen-bond donors (Lipinski definition) is 2. The number of rotatable bonds is 9. The Morgan fingerprint density at radius 2 is 1.73 bits per heavy atom. The number of anilines is 3. The Bertz CT molecular complexity index is 1500. The monoisotopic (exact) mass is 601 g/mol. The van der Waals surface area contributed by atoms with Gasteiger partial charge in [0.25, 0.3) is 5.91 Å². The minimum Gasteiger partial charge on any atom is -0.495 e. The predicted octanol–water partition coefficient (Wildman–Crippen LogP) is 5.54. The number of fused-ring (bicyclic) bond motifs is 1. The van der Waals surface area contributed by atoms with E-state index in [0.717, 1.165) is 44.0 Å². The van der Waals surface area contributed by atoms with Gasteiger partial charge in [0.2, 0.25) is 0 Å². The topological polar surface area (TPSA) is 105 Å². The predicted molar refractivity (Wildman–Crippen MR) is 160 cm³/mol. The molecule has 13 heteroatoms. The highest BCUT2D eigenvalue weighted by molar-refractivity contribution is 7.18. The number of carbonyl (C=O) groups excluding carboxylic acids is 1. The number of ether oxygens (including phenoxy) is 2. The Morgan fingerprint density at radius 3 is 2.40 bits per heavy atom. The Hall–Kier alpha value is -3.22. The zero-order valence-corrected chi connectivity index (χ0v) is 24.7. The average Bonchev–Trinajstić information content (AvgIpc) is 3.41. The Morgan fingerprint density at radius 1 is 1.02 bits per heavy atom. The fraction of sp³-hybridized carbons (Fsp3) is 0.333. The van der Waals surface area contributed by atoms with Crippen LogP contribution in [0.1, 0.15) is 22.8 Å². The molecule has 1 aromatic carbocycles. The van der Waals surface area contributed by atoms with Gasteiger partial charge in [-0.05, 0) is 24.2 Å². The van der Waals surface area contributed by atoms with Gasteiger partial charge in [-0.1, -0.05) is 30.1 Å². The van der Waals surface area contributed by atoms with E-state index < -0.39 is 5.91 Å². The number of nitrogens with one attached hydrogen (secondary N) is 2. The summed E-state index contributed by atoms with van der Waals surface area (Å²) in [5, 5.41) is 8.14. The lowest BCUT2D eigenvalue weighted by Gasteiger charge is -2.34. The van der Waals surface area contributed by atoms with E-state index in [0.29, 0.717) is 34.2 Å². The van der Waals surface area contributed by atoms with Crippen LogP contribution in [0.3, 0.4) is 0 Å². The molecule has 0 unspecified atom stereocenters. The Balaban J connectivity index is 1.35. The van der Waals surface area contributed by atoms with Crippen LogP contribution in [0, 0.1) is 0 Å². The van der Waals surface area contributed by atoms with Gasteiger partial charge in [-0.3, -0.25) is 9.69 Å². The van der Waals surface area contributed by atoms with Gasteiger partial charge in [0.15, 0.2) is 5.82 Å². The number of aromatic nitrogens is 3. The minimum atomic E-state index is -0.432. The number of likely N-dealkylation sites (N-methyl/N-ethyl adjacent to an activating group) is 1. The van der Waals surface area contributed by atoms with Crippen LogP contribution in [-0.4, -0.2) is 77.6 Å². The Labute approximate surface area is 246 Å². The number of hydrogen-bond acceptors (Lipinski definition) is 10. The zero-order valence-electron chi connectivity index (χ0n) is 22.3. The molecule has 3 aromatic heterocycles. The lowest BCUT2D eigenvalue weighted by atomic mass is 10.2. The van der Waals surface area contributed by atoms with Gasteiger partial charge in [0.05, 0.1) is 35.7 Å². The van der Waals surface area contributed by atoms with E-state index in [-0.39, 0.29) is 15.7 Å². The molecular formula is C27H29Cl2N7O3S. The molecule has 1 saturated heterocycles. The van der Waals surface area contributed by atoms with Crippen LogP contribution in [0.4, 0.5) is 17.3 Å². The van der Waals surface area contributed by atoms with Crippen LogP contribution in [0.15, 0.2) is 36.1 Å². The number of methoxy groups -OCH3 is 2. The number of carbonyl (C=O) groups is 1. The molecule has 4 aromatic rings. The molecule has 10 nitrogen and oxygen atoms in total. The summed E-state index contributed by atoms with van der Waals surface area (Å²) in [6.45, 7) is 8.42. The van der Waals surface area contributed by atoms with Crippen molar-refractivity contribution in [2.45, 2.75) is 13.5 Å². The van der Waals surface area contributed by atoms with Crippen molar-refractivity contribution in [3.05, 3.63) is 57.3 Å². The van der Waals surface area contributed by atoms with Crippen molar-refractivity contribution in [1.29, 1.82) is 0 Å². The number of nitrogens with zero attached hydrogens (tertiary/aromatic N) is 5. The third kappa shape index (κ3) is 5.93. The second-order valence-corrected chi connectivity index (χ2v) is 10.8. The van der Waals surface area contributed by atoms with E-state index in [1.165, 1.54) is 37.4 Å². The molecule has 1 aliphatic rings. The summed E-state index contributed by atoms with van der Waals surface area (Å²) < 4.78 is 11.3. The molecule has 0 spiro atoms. The number of halogens is 2. The van der Waals surface area contributed by atoms with Crippen molar-refractivity contribution in [2.24, 2.45) is 0 Å². The average molecular weight is 603 g/mol. The highest BCUT2D eigenvalue weighted by Crippen LogP contribution is 2.44. The molecular weight excluding hydrogens is 573 g/mol. The second kappa shape index (κ2) is 12.5. The minimum absolute atomic E-state index is 0.163. The molecule has 1 amide bonds. The molecule has 40 heavy (non-hydrogen) atoms. The molecule has 4 heterocycles. The van der Waals surface area contributed by atoms with Crippen LogP contribution in [-0.2, 0) is 6.54 Å². The number of thiophene rings is 1. The Kier molecular flexibility index (Phi) is 8.87. The third-order valence-electron chi connectivity index (χ3n) is 6.80. The lowest BCUT2D eigenvalue weighted by molar-refractivity contribution is 0.102. The highest BCUT2D eigenvalue weighted by Gasteiger charge is 2.23. The normalized spacial score (nSPS) is 14.3.